The van der Waals surface area contributed by atoms with Gasteiger partial charge in [0.1, 0.15) is 6.54 Å². The molecule has 0 amide bonds. The second-order valence-electron chi connectivity index (χ2n) is 2.18. The topological polar surface area (TPSA) is 51.6 Å². The zero-order valence-corrected chi connectivity index (χ0v) is 6.62. The van der Waals surface area contributed by atoms with Crippen molar-refractivity contribution in [3.05, 3.63) is 4.85 Å². The summed E-state index contributed by atoms with van der Waals surface area (Å²) < 4.78 is 0. The summed E-state index contributed by atoms with van der Waals surface area (Å²) in [6.07, 6.45) is 2.36. The fourth-order valence-electron chi connectivity index (χ4n) is 0.611. The lowest BCUT2D eigenvalue weighted by molar-refractivity contribution is 0.257. The van der Waals surface area contributed by atoms with Crippen LogP contribution in [0.1, 0.15) is 6.42 Å². The van der Waals surface area contributed by atoms with Gasteiger partial charge < -0.3 is 5.11 Å². The van der Waals surface area contributed by atoms with Gasteiger partial charge in [-0.05, 0) is 13.5 Å². The number of nitriles is 1. The van der Waals surface area contributed by atoms with E-state index in [0.29, 0.717) is 6.54 Å². The molecule has 60 valence electrons. The van der Waals surface area contributed by atoms with Gasteiger partial charge in [-0.2, -0.15) is 0 Å². The fraction of sp³-hybridized carbons (Fsp3) is 0.714. The molecule has 0 aliphatic carbocycles. The summed E-state index contributed by atoms with van der Waals surface area (Å²) in [5, 5.41) is 16.5. The Hall–Kier alpha value is -1.10. The van der Waals surface area contributed by atoms with Gasteiger partial charge in [-0.25, -0.2) is 0 Å². The molecule has 0 heterocycles. The van der Waals surface area contributed by atoms with Gasteiger partial charge in [0.05, 0.1) is 0 Å². The van der Waals surface area contributed by atoms with E-state index in [9.17, 15) is 0 Å². The van der Waals surface area contributed by atoms with Crippen molar-refractivity contribution in [1.82, 2.24) is 4.90 Å². The molecule has 0 radical (unpaired) electrons. The van der Waals surface area contributed by atoms with E-state index < -0.39 is 0 Å². The third kappa shape index (κ3) is 6.79. The van der Waals surface area contributed by atoms with E-state index in [1.807, 2.05) is 11.9 Å². The van der Waals surface area contributed by atoms with Gasteiger partial charge in [0.25, 0.3) is 0 Å². The Bertz CT molecular complexity index is 186. The highest BCUT2D eigenvalue weighted by Gasteiger charge is 1.95. The molecule has 4 heteroatoms. The van der Waals surface area contributed by atoms with Gasteiger partial charge in [-0.1, -0.05) is 4.85 Å². The molecular weight excluding hydrogens is 142 g/mol. The summed E-state index contributed by atoms with van der Waals surface area (Å²) in [5.41, 5.74) is 0. The minimum absolute atomic E-state index is 0.194. The van der Waals surface area contributed by atoms with Crippen LogP contribution in [0.3, 0.4) is 0 Å². The predicted octanol–water partition coefficient (Wildman–Crippen LogP) is 0.115. The average molecular weight is 154 g/mol. The van der Waals surface area contributed by atoms with E-state index in [1.54, 1.807) is 6.19 Å². The fourth-order valence-corrected chi connectivity index (χ4v) is 0.611. The van der Waals surface area contributed by atoms with E-state index in [-0.39, 0.29) is 6.61 Å². The Labute approximate surface area is 66.5 Å². The molecule has 0 unspecified atom stereocenters. The monoisotopic (exact) mass is 154 g/mol. The predicted molar refractivity (Wildman–Crippen MR) is 42.1 cm³/mol. The first-order valence-corrected chi connectivity index (χ1v) is 3.42. The highest BCUT2D eigenvalue weighted by molar-refractivity contribution is 4.99. The average Bonchev–Trinajstić information content (AvgIpc) is 2.01. The van der Waals surface area contributed by atoms with Crippen LogP contribution in [0.2, 0.25) is 0 Å². The molecular formula is C7H12N3O+. The third-order valence-electron chi connectivity index (χ3n) is 1.17. The van der Waals surface area contributed by atoms with Crippen LogP contribution in [0, 0.1) is 17.5 Å². The molecule has 0 fully saturated rings. The largest absolute Gasteiger partial charge is 0.578 e. The first-order chi connectivity index (χ1) is 5.31. The van der Waals surface area contributed by atoms with Crippen LogP contribution in [-0.2, 0) is 0 Å². The van der Waals surface area contributed by atoms with E-state index in [1.165, 1.54) is 0 Å². The Kier molecular flexibility index (Phi) is 6.31. The Morgan fingerprint density at radius 2 is 2.36 bits per heavy atom. The molecule has 0 aromatic heterocycles. The summed E-state index contributed by atoms with van der Waals surface area (Å²) in [6, 6.07) is 2.55. The van der Waals surface area contributed by atoms with Crippen molar-refractivity contribution >= 4 is 0 Å². The van der Waals surface area contributed by atoms with Crippen molar-refractivity contribution < 1.29 is 5.11 Å². The molecule has 0 aliphatic heterocycles. The van der Waals surface area contributed by atoms with Crippen molar-refractivity contribution in [3.63, 3.8) is 0 Å². The number of aliphatic hydroxyl groups excluding tert-OH is 1. The maximum Gasteiger partial charge on any atom is 0.578 e. The molecule has 11 heavy (non-hydrogen) atoms. The van der Waals surface area contributed by atoms with Gasteiger partial charge in [-0.15, -0.1) is 0 Å². The Morgan fingerprint density at radius 1 is 1.64 bits per heavy atom. The normalized spacial score (nSPS) is 8.55. The van der Waals surface area contributed by atoms with Gasteiger partial charge in [-0.3, -0.25) is 4.90 Å². The molecule has 0 spiro atoms. The summed E-state index contributed by atoms with van der Waals surface area (Å²) in [6.45, 7) is 1.53. The molecule has 1 N–H and O–H groups in total. The van der Waals surface area contributed by atoms with E-state index in [0.717, 1.165) is 13.0 Å². The first-order valence-electron chi connectivity index (χ1n) is 3.42. The van der Waals surface area contributed by atoms with Crippen molar-refractivity contribution in [2.45, 2.75) is 6.42 Å². The van der Waals surface area contributed by atoms with Crippen LogP contribution in [0.25, 0.3) is 4.85 Å². The Morgan fingerprint density at radius 3 is 2.91 bits per heavy atom. The van der Waals surface area contributed by atoms with Gasteiger partial charge in [0.2, 0.25) is 0 Å². The molecule has 0 aromatic carbocycles. The maximum atomic E-state index is 8.46. The lowest BCUT2D eigenvalue weighted by atomic mass is 10.4. The third-order valence-corrected chi connectivity index (χ3v) is 1.17. The number of nitrogens with zero attached hydrogens (tertiary/aromatic N) is 3. The van der Waals surface area contributed by atoms with Gasteiger partial charge in [0, 0.05) is 13.2 Å². The van der Waals surface area contributed by atoms with Crippen LogP contribution < -0.4 is 0 Å². The lowest BCUT2D eigenvalue weighted by Gasteiger charge is -2.08. The van der Waals surface area contributed by atoms with Crippen LogP contribution in [0.15, 0.2) is 0 Å². The lowest BCUT2D eigenvalue weighted by Crippen LogP contribution is -2.20. The standard InChI is InChI=1S/C7H12N3O/c1-10(4-2-6-11)5-3-9-7-8/h11H,2,4-6H2,1H3/q+1. The molecule has 4 nitrogen and oxygen atoms in total. The summed E-state index contributed by atoms with van der Waals surface area (Å²) in [7, 11) is 1.88. The van der Waals surface area contributed by atoms with E-state index in [2.05, 4.69) is 10.9 Å². The minimum atomic E-state index is 0.194. The maximum absolute atomic E-state index is 8.46. The molecule has 0 saturated carbocycles. The van der Waals surface area contributed by atoms with Crippen LogP contribution >= 0.6 is 0 Å². The molecule has 0 atom stereocenters. The van der Waals surface area contributed by atoms with Crippen molar-refractivity contribution in [1.29, 1.82) is 5.26 Å². The number of aliphatic hydroxyl groups is 1. The molecule has 0 aromatic rings. The van der Waals surface area contributed by atoms with Crippen LogP contribution in [-0.4, -0.2) is 36.8 Å². The molecule has 0 saturated heterocycles. The zero-order chi connectivity index (χ0) is 8.53. The van der Waals surface area contributed by atoms with Crippen LogP contribution in [0.4, 0.5) is 0 Å². The highest BCUT2D eigenvalue weighted by atomic mass is 16.3. The summed E-state index contributed by atoms with van der Waals surface area (Å²) in [5.74, 6) is 0. The number of hydrogen-bond donors (Lipinski definition) is 1. The number of rotatable bonds is 4. The Balaban J connectivity index is 3.38. The van der Waals surface area contributed by atoms with Crippen molar-refractivity contribution in [2.75, 3.05) is 26.7 Å². The van der Waals surface area contributed by atoms with Crippen molar-refractivity contribution in [3.8, 4) is 12.3 Å². The minimum Gasteiger partial charge on any atom is -0.396 e. The second-order valence-corrected chi connectivity index (χ2v) is 2.18. The van der Waals surface area contributed by atoms with Crippen LogP contribution in [0.5, 0.6) is 0 Å². The van der Waals surface area contributed by atoms with E-state index >= 15 is 0 Å². The second kappa shape index (κ2) is 7.01. The number of hydrogen-bond acceptors (Lipinski definition) is 3. The zero-order valence-electron chi connectivity index (χ0n) is 6.62. The smallest absolute Gasteiger partial charge is 0.396 e. The SMILES string of the molecule is CN(CC#[N+]C#N)CCCO. The quantitative estimate of drug-likeness (QED) is 0.462. The molecule has 0 aliphatic rings. The van der Waals surface area contributed by atoms with E-state index in [4.69, 9.17) is 10.4 Å². The van der Waals surface area contributed by atoms with Crippen molar-refractivity contribution in [2.24, 2.45) is 0 Å². The first kappa shape index (κ1) is 9.90. The van der Waals surface area contributed by atoms with Gasteiger partial charge >= 0.3 is 6.19 Å². The summed E-state index contributed by atoms with van der Waals surface area (Å²) >= 11 is 0. The highest BCUT2D eigenvalue weighted by Crippen LogP contribution is 1.84. The summed E-state index contributed by atoms with van der Waals surface area (Å²) in [4.78, 5) is 5.20. The molecule has 0 bridgehead atoms. The molecule has 0 rings (SSSR count). The van der Waals surface area contributed by atoms with Gasteiger partial charge in [0.15, 0.2) is 11.3 Å².